The Morgan fingerprint density at radius 2 is 2.12 bits per heavy atom. The minimum atomic E-state index is -0.173. The second-order valence-electron chi connectivity index (χ2n) is 5.04. The number of carbonyl (C=O) groups is 1. The van der Waals surface area contributed by atoms with Crippen LogP contribution in [0, 0.1) is 0 Å². The maximum absolute atomic E-state index is 11.6. The summed E-state index contributed by atoms with van der Waals surface area (Å²) in [7, 11) is 0. The third-order valence-electron chi connectivity index (χ3n) is 2.10. The average Bonchev–Trinajstić information content (AvgIpc) is 2.58. The fraction of sp³-hybridized carbons (Fsp3) is 0.583. The summed E-state index contributed by atoms with van der Waals surface area (Å²) in [6.45, 7) is 8.33. The van der Waals surface area contributed by atoms with Gasteiger partial charge in [0.2, 0.25) is 5.91 Å². The van der Waals surface area contributed by atoms with E-state index in [1.807, 2.05) is 26.8 Å². The molecule has 1 rings (SSSR count). The minimum absolute atomic E-state index is 0.0278. The van der Waals surface area contributed by atoms with Gasteiger partial charge in [-0.3, -0.25) is 4.79 Å². The highest BCUT2D eigenvalue weighted by molar-refractivity contribution is 9.11. The Bertz CT molecular complexity index is 384. The van der Waals surface area contributed by atoms with Crippen molar-refractivity contribution in [2.45, 2.75) is 39.3 Å². The third kappa shape index (κ3) is 5.66. The van der Waals surface area contributed by atoms with Crippen molar-refractivity contribution in [1.29, 1.82) is 0 Å². The molecule has 1 aromatic rings. The van der Waals surface area contributed by atoms with Crippen LogP contribution in [0.4, 0.5) is 0 Å². The zero-order valence-electron chi connectivity index (χ0n) is 10.6. The van der Waals surface area contributed by atoms with Crippen LogP contribution in [0.2, 0.25) is 0 Å². The van der Waals surface area contributed by atoms with Crippen molar-refractivity contribution in [3.63, 3.8) is 0 Å². The van der Waals surface area contributed by atoms with Crippen LogP contribution >= 0.6 is 27.3 Å². The van der Waals surface area contributed by atoms with Gasteiger partial charge < -0.3 is 10.6 Å². The van der Waals surface area contributed by atoms with Crippen LogP contribution in [-0.2, 0) is 4.79 Å². The first-order valence-electron chi connectivity index (χ1n) is 5.57. The van der Waals surface area contributed by atoms with Crippen molar-refractivity contribution < 1.29 is 4.79 Å². The van der Waals surface area contributed by atoms with E-state index in [-0.39, 0.29) is 17.5 Å². The maximum atomic E-state index is 11.6. The van der Waals surface area contributed by atoms with Crippen LogP contribution in [0.5, 0.6) is 0 Å². The summed E-state index contributed by atoms with van der Waals surface area (Å²) in [5, 5.41) is 6.14. The highest BCUT2D eigenvalue weighted by Gasteiger charge is 2.15. The van der Waals surface area contributed by atoms with Gasteiger partial charge in [0.15, 0.2) is 0 Å². The first-order valence-corrected chi connectivity index (χ1v) is 7.18. The first-order chi connectivity index (χ1) is 7.78. The number of carbonyl (C=O) groups excluding carboxylic acids is 1. The lowest BCUT2D eigenvalue weighted by Crippen LogP contribution is -2.45. The zero-order chi connectivity index (χ0) is 13.1. The van der Waals surface area contributed by atoms with Gasteiger partial charge in [0.25, 0.3) is 0 Å². The number of amides is 1. The fourth-order valence-corrected chi connectivity index (χ4v) is 2.82. The zero-order valence-corrected chi connectivity index (χ0v) is 13.0. The van der Waals surface area contributed by atoms with Crippen LogP contribution in [0.25, 0.3) is 0 Å². The Morgan fingerprint density at radius 1 is 1.47 bits per heavy atom. The predicted octanol–water partition coefficient (Wildman–Crippen LogP) is 3.08. The molecule has 0 aliphatic rings. The molecule has 0 saturated heterocycles. The van der Waals surface area contributed by atoms with Gasteiger partial charge >= 0.3 is 0 Å². The molecule has 1 atom stereocenters. The molecule has 1 unspecified atom stereocenters. The van der Waals surface area contributed by atoms with Crippen molar-refractivity contribution in [1.82, 2.24) is 10.6 Å². The monoisotopic (exact) mass is 318 g/mol. The molecule has 0 spiro atoms. The largest absolute Gasteiger partial charge is 0.350 e. The van der Waals surface area contributed by atoms with Gasteiger partial charge in [-0.15, -0.1) is 11.3 Å². The summed E-state index contributed by atoms with van der Waals surface area (Å²) in [5.41, 5.74) is -0.173. The second-order valence-corrected chi connectivity index (χ2v) is 7.54. The van der Waals surface area contributed by atoms with Crippen LogP contribution in [0.15, 0.2) is 15.9 Å². The van der Waals surface area contributed by atoms with Crippen molar-refractivity contribution in [2.24, 2.45) is 0 Å². The number of nitrogens with one attached hydrogen (secondary N) is 2. The summed E-state index contributed by atoms with van der Waals surface area (Å²) < 4.78 is 1.11. The van der Waals surface area contributed by atoms with Gasteiger partial charge in [0.1, 0.15) is 0 Å². The lowest BCUT2D eigenvalue weighted by molar-refractivity contribution is -0.121. The molecule has 0 aliphatic carbocycles. The molecule has 17 heavy (non-hydrogen) atoms. The minimum Gasteiger partial charge on any atom is -0.350 e. The normalized spacial score (nSPS) is 13.5. The average molecular weight is 319 g/mol. The van der Waals surface area contributed by atoms with Crippen molar-refractivity contribution in [3.8, 4) is 0 Å². The standard InChI is InChI=1S/C12H19BrN2OS/c1-8(9-5-6-10(13)17-9)14-7-11(16)15-12(2,3)4/h5-6,8,14H,7H2,1-4H3,(H,15,16). The van der Waals surface area contributed by atoms with E-state index in [2.05, 4.69) is 39.6 Å². The number of halogens is 1. The summed E-state index contributed by atoms with van der Waals surface area (Å²) >= 11 is 5.11. The Labute approximate surface area is 115 Å². The number of rotatable bonds is 4. The molecular formula is C12H19BrN2OS. The van der Waals surface area contributed by atoms with Crippen LogP contribution < -0.4 is 10.6 Å². The van der Waals surface area contributed by atoms with E-state index in [1.54, 1.807) is 11.3 Å². The summed E-state index contributed by atoms with van der Waals surface area (Å²) in [4.78, 5) is 12.8. The predicted molar refractivity (Wildman–Crippen MR) is 76.3 cm³/mol. The van der Waals surface area contributed by atoms with Gasteiger partial charge in [-0.1, -0.05) is 0 Å². The van der Waals surface area contributed by atoms with Gasteiger partial charge in [-0.25, -0.2) is 0 Å². The van der Waals surface area contributed by atoms with E-state index in [0.717, 1.165) is 3.79 Å². The fourth-order valence-electron chi connectivity index (χ4n) is 1.37. The molecule has 5 heteroatoms. The van der Waals surface area contributed by atoms with Gasteiger partial charge in [0.05, 0.1) is 10.3 Å². The topological polar surface area (TPSA) is 41.1 Å². The molecule has 1 aromatic heterocycles. The molecule has 1 heterocycles. The molecule has 0 saturated carbocycles. The maximum Gasteiger partial charge on any atom is 0.234 e. The van der Waals surface area contributed by atoms with E-state index < -0.39 is 0 Å². The van der Waals surface area contributed by atoms with E-state index in [4.69, 9.17) is 0 Å². The van der Waals surface area contributed by atoms with Crippen molar-refractivity contribution in [3.05, 3.63) is 20.8 Å². The lowest BCUT2D eigenvalue weighted by atomic mass is 10.1. The quantitative estimate of drug-likeness (QED) is 0.895. The second kappa shape index (κ2) is 5.98. The third-order valence-corrected chi connectivity index (χ3v) is 3.91. The molecule has 0 fully saturated rings. The molecule has 0 aliphatic heterocycles. The van der Waals surface area contributed by atoms with Gasteiger partial charge in [-0.05, 0) is 55.8 Å². The molecule has 0 bridgehead atoms. The van der Waals surface area contributed by atoms with E-state index in [1.165, 1.54) is 4.88 Å². The van der Waals surface area contributed by atoms with Crippen LogP contribution in [0.1, 0.15) is 38.6 Å². The Hall–Kier alpha value is -0.390. The molecule has 0 aromatic carbocycles. The molecule has 96 valence electrons. The lowest BCUT2D eigenvalue weighted by Gasteiger charge is -2.21. The summed E-state index contributed by atoms with van der Waals surface area (Å²) in [5.74, 6) is 0.0278. The van der Waals surface area contributed by atoms with Gasteiger partial charge in [-0.2, -0.15) is 0 Å². The van der Waals surface area contributed by atoms with Crippen molar-refractivity contribution >= 4 is 33.2 Å². The molecule has 3 nitrogen and oxygen atoms in total. The Balaban J connectivity index is 2.38. The smallest absolute Gasteiger partial charge is 0.234 e. The van der Waals surface area contributed by atoms with E-state index in [0.29, 0.717) is 6.54 Å². The highest BCUT2D eigenvalue weighted by Crippen LogP contribution is 2.26. The van der Waals surface area contributed by atoms with Crippen LogP contribution in [-0.4, -0.2) is 18.0 Å². The van der Waals surface area contributed by atoms with Gasteiger partial charge in [0, 0.05) is 16.5 Å². The molecular weight excluding hydrogens is 300 g/mol. The number of thiophene rings is 1. The highest BCUT2D eigenvalue weighted by atomic mass is 79.9. The molecule has 2 N–H and O–H groups in total. The summed E-state index contributed by atoms with van der Waals surface area (Å²) in [6.07, 6.45) is 0. The molecule has 1 amide bonds. The molecule has 0 radical (unpaired) electrons. The first kappa shape index (κ1) is 14.7. The van der Waals surface area contributed by atoms with Crippen molar-refractivity contribution in [2.75, 3.05) is 6.54 Å². The number of hydrogen-bond donors (Lipinski definition) is 2. The van der Waals surface area contributed by atoms with E-state index >= 15 is 0 Å². The summed E-state index contributed by atoms with van der Waals surface area (Å²) in [6, 6.07) is 4.28. The SMILES string of the molecule is CC(NCC(=O)NC(C)(C)C)c1ccc(Br)s1. The Morgan fingerprint density at radius 3 is 2.59 bits per heavy atom. The van der Waals surface area contributed by atoms with Crippen LogP contribution in [0.3, 0.4) is 0 Å². The van der Waals surface area contributed by atoms with E-state index in [9.17, 15) is 4.79 Å². The Kier molecular flexibility index (Phi) is 5.16. The number of hydrogen-bond acceptors (Lipinski definition) is 3.